The summed E-state index contributed by atoms with van der Waals surface area (Å²) in [6, 6.07) is 3.42. The number of hydrogen-bond acceptors (Lipinski definition) is 5. The van der Waals surface area contributed by atoms with Crippen LogP contribution in [0, 0.1) is 5.92 Å². The van der Waals surface area contributed by atoms with E-state index in [0.29, 0.717) is 22.9 Å². The van der Waals surface area contributed by atoms with Crippen LogP contribution in [0.2, 0.25) is 5.15 Å². The summed E-state index contributed by atoms with van der Waals surface area (Å²) in [4.78, 5) is 23.5. The van der Waals surface area contributed by atoms with Gasteiger partial charge in [0.05, 0.1) is 0 Å². The second-order valence-corrected chi connectivity index (χ2v) is 8.62. The molecule has 1 atom stereocenters. The van der Waals surface area contributed by atoms with E-state index < -0.39 is 22.7 Å². The first-order valence-corrected chi connectivity index (χ1v) is 10.8. The number of thiazole rings is 1. The number of alkyl halides is 3. The molecular formula is C21H23ClF3N5OS. The fraction of sp³-hybridized carbons (Fsp3) is 0.333. The summed E-state index contributed by atoms with van der Waals surface area (Å²) in [5.74, 6) is -0.983. The molecule has 0 saturated carbocycles. The molecule has 0 bridgehead atoms. The number of nitrogens with two attached hydrogens (primary N) is 1. The Morgan fingerprint density at radius 2 is 2.12 bits per heavy atom. The maximum Gasteiger partial charge on any atom is 0.435 e. The largest absolute Gasteiger partial charge is 0.435 e. The van der Waals surface area contributed by atoms with Crippen LogP contribution in [0.1, 0.15) is 52.1 Å². The molecule has 1 unspecified atom stereocenters. The van der Waals surface area contributed by atoms with Gasteiger partial charge in [0.2, 0.25) is 0 Å². The lowest BCUT2D eigenvalue weighted by Crippen LogP contribution is -2.30. The number of nitrogens with one attached hydrogen (secondary N) is 1. The van der Waals surface area contributed by atoms with Crippen molar-refractivity contribution >= 4 is 34.7 Å². The fourth-order valence-corrected chi connectivity index (χ4v) is 3.87. The van der Waals surface area contributed by atoms with Crippen LogP contribution >= 0.6 is 22.9 Å². The van der Waals surface area contributed by atoms with Crippen LogP contribution in [0.5, 0.6) is 0 Å². The Labute approximate surface area is 193 Å². The highest BCUT2D eigenvalue weighted by Gasteiger charge is 2.40. The zero-order chi connectivity index (χ0) is 23.9. The molecule has 0 fully saturated rings. The summed E-state index contributed by atoms with van der Waals surface area (Å²) in [7, 11) is 0. The minimum absolute atomic E-state index is 0.122. The highest BCUT2D eigenvalue weighted by Crippen LogP contribution is 2.34. The SMILES string of the molecule is C=C/C=C\N=C(N)c1nc(C(F)(F)F)c(C(=O)NCC(CC(C)C)c2ccc(Cl)nc2)s1. The van der Waals surface area contributed by atoms with Gasteiger partial charge in [0.1, 0.15) is 10.0 Å². The Hall–Kier alpha value is -2.72. The molecule has 3 N–H and O–H groups in total. The predicted molar refractivity (Wildman–Crippen MR) is 121 cm³/mol. The predicted octanol–water partition coefficient (Wildman–Crippen LogP) is 5.18. The highest BCUT2D eigenvalue weighted by molar-refractivity contribution is 7.15. The second-order valence-electron chi connectivity index (χ2n) is 7.24. The van der Waals surface area contributed by atoms with E-state index >= 15 is 0 Å². The summed E-state index contributed by atoms with van der Waals surface area (Å²) in [5, 5.41) is 2.73. The molecule has 6 nitrogen and oxygen atoms in total. The van der Waals surface area contributed by atoms with E-state index in [0.717, 1.165) is 5.56 Å². The van der Waals surface area contributed by atoms with Crippen molar-refractivity contribution in [1.29, 1.82) is 0 Å². The van der Waals surface area contributed by atoms with Gasteiger partial charge < -0.3 is 11.1 Å². The number of amides is 1. The molecule has 11 heteroatoms. The number of rotatable bonds is 9. The molecule has 1 amide bonds. The molecule has 172 valence electrons. The number of carbonyl (C=O) groups excluding carboxylic acids is 1. The molecule has 2 aromatic rings. The molecule has 0 aliphatic carbocycles. The summed E-state index contributed by atoms with van der Waals surface area (Å²) >= 11 is 6.37. The Morgan fingerprint density at radius 1 is 1.41 bits per heavy atom. The number of nitrogens with zero attached hydrogens (tertiary/aromatic N) is 3. The van der Waals surface area contributed by atoms with Gasteiger partial charge in [0.25, 0.3) is 5.91 Å². The molecule has 2 aromatic heterocycles. The average molecular weight is 486 g/mol. The van der Waals surface area contributed by atoms with Gasteiger partial charge in [-0.15, -0.1) is 11.3 Å². The van der Waals surface area contributed by atoms with Gasteiger partial charge in [-0.05, 0) is 30.0 Å². The van der Waals surface area contributed by atoms with Crippen molar-refractivity contribution < 1.29 is 18.0 Å². The summed E-state index contributed by atoms with van der Waals surface area (Å²) < 4.78 is 40.5. The highest BCUT2D eigenvalue weighted by atomic mass is 35.5. The van der Waals surface area contributed by atoms with Gasteiger partial charge >= 0.3 is 6.18 Å². The normalized spacial score (nSPS) is 13.5. The van der Waals surface area contributed by atoms with E-state index in [-0.39, 0.29) is 29.2 Å². The van der Waals surface area contributed by atoms with Crippen molar-refractivity contribution in [3.05, 3.63) is 69.6 Å². The number of aromatic nitrogens is 2. The first-order valence-electron chi connectivity index (χ1n) is 9.61. The third-order valence-electron chi connectivity index (χ3n) is 4.24. The van der Waals surface area contributed by atoms with E-state index in [2.05, 4.69) is 26.9 Å². The van der Waals surface area contributed by atoms with Crippen LogP contribution in [0.15, 0.2) is 48.3 Å². The standard InChI is InChI=1S/C21H23ClF3N5OS/c1-4-5-8-27-18(26)20-30-17(21(23,24)25)16(32-20)19(31)29-11-14(9-12(2)3)13-6-7-15(22)28-10-13/h4-8,10,12,14H,1,9,11H2,2-3H3,(H2,26,27)(H,29,31)/b8-5-. The van der Waals surface area contributed by atoms with Gasteiger partial charge in [-0.3, -0.25) is 4.79 Å². The van der Waals surface area contributed by atoms with Gasteiger partial charge in [-0.2, -0.15) is 13.2 Å². The molecule has 0 radical (unpaired) electrons. The van der Waals surface area contributed by atoms with E-state index in [1.807, 2.05) is 13.8 Å². The molecule has 2 heterocycles. The summed E-state index contributed by atoms with van der Waals surface area (Å²) in [6.45, 7) is 7.61. The van der Waals surface area contributed by atoms with E-state index in [9.17, 15) is 18.0 Å². The molecule has 0 aliphatic heterocycles. The smallest absolute Gasteiger partial charge is 0.381 e. The molecule has 0 saturated heterocycles. The van der Waals surface area contributed by atoms with Crippen molar-refractivity contribution in [2.75, 3.05) is 6.54 Å². The van der Waals surface area contributed by atoms with Crippen LogP contribution in [0.4, 0.5) is 13.2 Å². The lowest BCUT2D eigenvalue weighted by molar-refractivity contribution is -0.141. The minimum Gasteiger partial charge on any atom is -0.381 e. The van der Waals surface area contributed by atoms with Crippen molar-refractivity contribution in [2.24, 2.45) is 16.6 Å². The number of aliphatic imine (C=N–C) groups is 1. The maximum atomic E-state index is 13.5. The van der Waals surface area contributed by atoms with Crippen molar-refractivity contribution in [2.45, 2.75) is 32.4 Å². The molecule has 0 spiro atoms. The van der Waals surface area contributed by atoms with Crippen molar-refractivity contribution in [1.82, 2.24) is 15.3 Å². The molecule has 0 aliphatic rings. The Bertz CT molecular complexity index is 1000. The molecule has 2 rings (SSSR count). The summed E-state index contributed by atoms with van der Waals surface area (Å²) in [5.41, 5.74) is 5.25. The number of hydrogen-bond donors (Lipinski definition) is 2. The zero-order valence-electron chi connectivity index (χ0n) is 17.5. The molecule has 0 aromatic carbocycles. The topological polar surface area (TPSA) is 93.3 Å². The quantitative estimate of drug-likeness (QED) is 0.221. The number of halogens is 4. The number of pyridine rings is 1. The number of carbonyl (C=O) groups is 1. The molecular weight excluding hydrogens is 463 g/mol. The van der Waals surface area contributed by atoms with Crippen LogP contribution in [0.3, 0.4) is 0 Å². The lowest BCUT2D eigenvalue weighted by Gasteiger charge is -2.20. The average Bonchev–Trinajstić information content (AvgIpc) is 3.18. The second kappa shape index (κ2) is 11.2. The zero-order valence-corrected chi connectivity index (χ0v) is 19.1. The Kier molecular flexibility index (Phi) is 8.97. The third-order valence-corrected chi connectivity index (χ3v) is 5.54. The number of allylic oxidation sites excluding steroid dienone is 2. The van der Waals surface area contributed by atoms with Crippen LogP contribution in [-0.2, 0) is 6.18 Å². The van der Waals surface area contributed by atoms with Gasteiger partial charge in [0.15, 0.2) is 16.5 Å². The van der Waals surface area contributed by atoms with Gasteiger partial charge in [-0.1, -0.05) is 44.2 Å². The minimum atomic E-state index is -4.82. The molecule has 32 heavy (non-hydrogen) atoms. The van der Waals surface area contributed by atoms with Crippen LogP contribution < -0.4 is 11.1 Å². The third kappa shape index (κ3) is 7.16. The van der Waals surface area contributed by atoms with Crippen LogP contribution in [0.25, 0.3) is 0 Å². The van der Waals surface area contributed by atoms with E-state index in [1.165, 1.54) is 18.4 Å². The fourth-order valence-electron chi connectivity index (χ4n) is 2.85. The van der Waals surface area contributed by atoms with Crippen molar-refractivity contribution in [3.63, 3.8) is 0 Å². The Balaban J connectivity index is 2.28. The first kappa shape index (κ1) is 25.5. The maximum absolute atomic E-state index is 13.5. The van der Waals surface area contributed by atoms with Gasteiger partial charge in [0, 0.05) is 24.9 Å². The van der Waals surface area contributed by atoms with Gasteiger partial charge in [-0.25, -0.2) is 15.0 Å². The first-order chi connectivity index (χ1) is 15.0. The van der Waals surface area contributed by atoms with Crippen molar-refractivity contribution in [3.8, 4) is 0 Å². The van der Waals surface area contributed by atoms with Crippen LogP contribution in [-0.4, -0.2) is 28.3 Å². The van der Waals surface area contributed by atoms with E-state index in [4.69, 9.17) is 17.3 Å². The lowest BCUT2D eigenvalue weighted by atomic mass is 9.91. The number of amidine groups is 1. The van der Waals surface area contributed by atoms with E-state index in [1.54, 1.807) is 18.3 Å². The summed E-state index contributed by atoms with van der Waals surface area (Å²) in [6.07, 6.45) is 1.63. The Morgan fingerprint density at radius 3 is 2.69 bits per heavy atom. The monoisotopic (exact) mass is 485 g/mol.